The summed E-state index contributed by atoms with van der Waals surface area (Å²) in [6.07, 6.45) is 1.09. The molecule has 3 heteroatoms. The summed E-state index contributed by atoms with van der Waals surface area (Å²) in [7, 11) is 3.36. The molecule has 0 heterocycles. The van der Waals surface area contributed by atoms with Crippen molar-refractivity contribution in [1.29, 1.82) is 0 Å². The zero-order valence-electron chi connectivity index (χ0n) is 10.3. The highest BCUT2D eigenvalue weighted by atomic mass is 79.9. The Morgan fingerprint density at radius 2 is 1.94 bits per heavy atom. The van der Waals surface area contributed by atoms with Gasteiger partial charge >= 0.3 is 0 Å². The van der Waals surface area contributed by atoms with Gasteiger partial charge in [0.15, 0.2) is 0 Å². The van der Waals surface area contributed by atoms with Crippen molar-refractivity contribution in [2.75, 3.05) is 14.2 Å². The van der Waals surface area contributed by atoms with Crippen molar-refractivity contribution in [1.82, 2.24) is 0 Å². The fourth-order valence-electron chi connectivity index (χ4n) is 1.74. The van der Waals surface area contributed by atoms with Crippen LogP contribution in [-0.2, 0) is 0 Å². The van der Waals surface area contributed by atoms with Crippen molar-refractivity contribution in [3.05, 3.63) is 23.8 Å². The first-order valence-electron chi connectivity index (χ1n) is 5.50. The Hall–Kier alpha value is -0.700. The van der Waals surface area contributed by atoms with Crippen LogP contribution in [0.4, 0.5) is 0 Å². The maximum absolute atomic E-state index is 5.40. The summed E-state index contributed by atoms with van der Waals surface area (Å²) >= 11 is 3.69. The number of methoxy groups -OCH3 is 2. The van der Waals surface area contributed by atoms with Gasteiger partial charge in [-0.2, -0.15) is 0 Å². The van der Waals surface area contributed by atoms with E-state index in [4.69, 9.17) is 9.47 Å². The second-order valence-corrected chi connectivity index (χ2v) is 5.00. The number of rotatable bonds is 5. The molecular formula is C13H19BrO2. The third kappa shape index (κ3) is 2.91. The Morgan fingerprint density at radius 3 is 2.44 bits per heavy atom. The molecule has 1 aromatic carbocycles. The molecule has 0 spiro atoms. The van der Waals surface area contributed by atoms with Crippen LogP contribution in [0.2, 0.25) is 0 Å². The number of benzene rings is 1. The molecule has 0 radical (unpaired) electrons. The van der Waals surface area contributed by atoms with E-state index >= 15 is 0 Å². The van der Waals surface area contributed by atoms with E-state index in [1.54, 1.807) is 14.2 Å². The minimum Gasteiger partial charge on any atom is -0.497 e. The van der Waals surface area contributed by atoms with Gasteiger partial charge in [0.2, 0.25) is 0 Å². The maximum Gasteiger partial charge on any atom is 0.126 e. The molecule has 2 nitrogen and oxygen atoms in total. The van der Waals surface area contributed by atoms with Crippen LogP contribution in [0.3, 0.4) is 0 Å². The van der Waals surface area contributed by atoms with Gasteiger partial charge in [-0.1, -0.05) is 35.8 Å². The van der Waals surface area contributed by atoms with Gasteiger partial charge < -0.3 is 9.47 Å². The molecule has 16 heavy (non-hydrogen) atoms. The van der Waals surface area contributed by atoms with Crippen molar-refractivity contribution in [3.8, 4) is 11.5 Å². The zero-order valence-corrected chi connectivity index (χ0v) is 11.9. The summed E-state index contributed by atoms with van der Waals surface area (Å²) in [5, 5.41) is 0. The number of halogens is 1. The third-order valence-electron chi connectivity index (χ3n) is 2.86. The van der Waals surface area contributed by atoms with Crippen molar-refractivity contribution >= 4 is 15.9 Å². The van der Waals surface area contributed by atoms with E-state index in [2.05, 4.69) is 35.8 Å². The summed E-state index contributed by atoms with van der Waals surface area (Å²) in [6, 6.07) is 5.98. The molecule has 0 aliphatic heterocycles. The van der Waals surface area contributed by atoms with Gasteiger partial charge in [0.1, 0.15) is 11.5 Å². The lowest BCUT2D eigenvalue weighted by Crippen LogP contribution is -2.09. The Morgan fingerprint density at radius 1 is 1.25 bits per heavy atom. The summed E-state index contributed by atoms with van der Waals surface area (Å²) in [5.74, 6) is 2.14. The topological polar surface area (TPSA) is 18.5 Å². The van der Waals surface area contributed by atoms with Gasteiger partial charge in [-0.3, -0.25) is 0 Å². The van der Waals surface area contributed by atoms with E-state index in [1.165, 1.54) is 5.56 Å². The molecule has 0 aliphatic rings. The van der Waals surface area contributed by atoms with Crippen LogP contribution >= 0.6 is 15.9 Å². The predicted molar refractivity (Wildman–Crippen MR) is 71.0 cm³/mol. The molecule has 0 bridgehead atoms. The summed E-state index contributed by atoms with van der Waals surface area (Å²) in [6.45, 7) is 4.37. The molecule has 2 unspecified atom stereocenters. The number of hydrogen-bond acceptors (Lipinski definition) is 2. The smallest absolute Gasteiger partial charge is 0.126 e. The summed E-state index contributed by atoms with van der Waals surface area (Å²) < 4.78 is 10.6. The summed E-state index contributed by atoms with van der Waals surface area (Å²) in [4.78, 5) is 0.467. The minimum atomic E-state index is 0.422. The molecule has 0 saturated carbocycles. The molecule has 0 amide bonds. The average molecular weight is 287 g/mol. The van der Waals surface area contributed by atoms with E-state index < -0.39 is 0 Å². The highest BCUT2D eigenvalue weighted by molar-refractivity contribution is 9.09. The van der Waals surface area contributed by atoms with Crippen molar-refractivity contribution in [3.63, 3.8) is 0 Å². The average Bonchev–Trinajstić information content (AvgIpc) is 2.35. The molecule has 0 fully saturated rings. The maximum atomic E-state index is 5.40. The first kappa shape index (κ1) is 13.4. The Balaban J connectivity index is 3.03. The lowest BCUT2D eigenvalue weighted by molar-refractivity contribution is 0.388. The van der Waals surface area contributed by atoms with E-state index in [1.807, 2.05) is 12.1 Å². The Labute approximate surface area is 106 Å². The van der Waals surface area contributed by atoms with Gasteiger partial charge in [0.05, 0.1) is 14.2 Å². The van der Waals surface area contributed by atoms with Gasteiger partial charge in [0.25, 0.3) is 0 Å². The van der Waals surface area contributed by atoms with Crippen LogP contribution < -0.4 is 9.47 Å². The van der Waals surface area contributed by atoms with Crippen LogP contribution in [0.5, 0.6) is 11.5 Å². The highest BCUT2D eigenvalue weighted by Crippen LogP contribution is 2.35. The number of ether oxygens (including phenoxy) is 2. The zero-order chi connectivity index (χ0) is 12.1. The Kier molecular flexibility index (Phi) is 5.13. The molecule has 1 aromatic rings. The SMILES string of the molecule is CCC(Br)C(C)c1ccc(OC)cc1OC. The minimum absolute atomic E-state index is 0.422. The lowest BCUT2D eigenvalue weighted by atomic mass is 9.95. The predicted octanol–water partition coefficient (Wildman–Crippen LogP) is 3.98. The molecule has 90 valence electrons. The largest absolute Gasteiger partial charge is 0.497 e. The van der Waals surface area contributed by atoms with Crippen molar-refractivity contribution in [2.24, 2.45) is 0 Å². The van der Waals surface area contributed by atoms with Gasteiger partial charge in [-0.05, 0) is 24.0 Å². The molecule has 0 aromatic heterocycles. The highest BCUT2D eigenvalue weighted by Gasteiger charge is 2.18. The monoisotopic (exact) mass is 286 g/mol. The molecule has 0 aliphatic carbocycles. The van der Waals surface area contributed by atoms with E-state index in [0.29, 0.717) is 10.7 Å². The second kappa shape index (κ2) is 6.14. The van der Waals surface area contributed by atoms with Crippen LogP contribution in [0, 0.1) is 0 Å². The van der Waals surface area contributed by atoms with E-state index in [-0.39, 0.29) is 0 Å². The third-order valence-corrected chi connectivity index (χ3v) is 4.30. The van der Waals surface area contributed by atoms with Crippen LogP contribution in [0.15, 0.2) is 18.2 Å². The molecule has 0 N–H and O–H groups in total. The number of alkyl halides is 1. The lowest BCUT2D eigenvalue weighted by Gasteiger charge is -2.20. The first-order chi connectivity index (χ1) is 7.63. The normalized spacial score (nSPS) is 14.3. The van der Waals surface area contributed by atoms with Gasteiger partial charge in [-0.15, -0.1) is 0 Å². The van der Waals surface area contributed by atoms with E-state index in [0.717, 1.165) is 17.9 Å². The van der Waals surface area contributed by atoms with Crippen LogP contribution in [0.1, 0.15) is 31.7 Å². The van der Waals surface area contributed by atoms with Crippen molar-refractivity contribution < 1.29 is 9.47 Å². The molecule has 0 saturated heterocycles. The van der Waals surface area contributed by atoms with Crippen molar-refractivity contribution in [2.45, 2.75) is 31.0 Å². The molecular weight excluding hydrogens is 268 g/mol. The van der Waals surface area contributed by atoms with Gasteiger partial charge in [0, 0.05) is 10.9 Å². The van der Waals surface area contributed by atoms with Crippen LogP contribution in [0.25, 0.3) is 0 Å². The fourth-order valence-corrected chi connectivity index (χ4v) is 2.03. The molecule has 1 rings (SSSR count). The fraction of sp³-hybridized carbons (Fsp3) is 0.538. The number of hydrogen-bond donors (Lipinski definition) is 0. The summed E-state index contributed by atoms with van der Waals surface area (Å²) in [5.41, 5.74) is 1.21. The standard InChI is InChI=1S/C13H19BrO2/c1-5-12(14)9(2)11-7-6-10(15-3)8-13(11)16-4/h6-9,12H,5H2,1-4H3. The molecule has 2 atom stereocenters. The van der Waals surface area contributed by atoms with Crippen LogP contribution in [-0.4, -0.2) is 19.0 Å². The van der Waals surface area contributed by atoms with E-state index in [9.17, 15) is 0 Å². The first-order valence-corrected chi connectivity index (χ1v) is 6.41. The quantitative estimate of drug-likeness (QED) is 0.763. The van der Waals surface area contributed by atoms with Gasteiger partial charge in [-0.25, -0.2) is 0 Å². The second-order valence-electron chi connectivity index (χ2n) is 3.82. The Bertz CT molecular complexity index is 339.